The van der Waals surface area contributed by atoms with Gasteiger partial charge in [-0.3, -0.25) is 0 Å². The highest BCUT2D eigenvalue weighted by Crippen LogP contribution is 2.32. The van der Waals surface area contributed by atoms with Crippen molar-refractivity contribution in [2.45, 2.75) is 13.8 Å². The summed E-state index contributed by atoms with van der Waals surface area (Å²) in [6, 6.07) is 0. The van der Waals surface area contributed by atoms with Gasteiger partial charge in [-0.15, -0.1) is 11.3 Å². The summed E-state index contributed by atoms with van der Waals surface area (Å²) in [5.74, 6) is 0.881. The summed E-state index contributed by atoms with van der Waals surface area (Å²) in [4.78, 5) is 10.9. The molecule has 4 nitrogen and oxygen atoms in total. The van der Waals surface area contributed by atoms with E-state index in [4.69, 9.17) is 0 Å². The molecule has 0 bridgehead atoms. The van der Waals surface area contributed by atoms with Crippen molar-refractivity contribution in [1.29, 1.82) is 0 Å². The molecule has 0 aliphatic heterocycles. The van der Waals surface area contributed by atoms with Crippen molar-refractivity contribution in [3.05, 3.63) is 16.8 Å². The maximum Gasteiger partial charge on any atom is 0.152 e. The van der Waals surface area contributed by atoms with E-state index in [9.17, 15) is 0 Å². The summed E-state index contributed by atoms with van der Waals surface area (Å²) in [6.07, 6.45) is 1.60. The molecule has 0 radical (unpaired) electrons. The summed E-state index contributed by atoms with van der Waals surface area (Å²) >= 11 is 1.71. The van der Waals surface area contributed by atoms with Crippen LogP contribution < -0.4 is 5.43 Å². The number of nitrogens with one attached hydrogen (secondary N) is 1. The Labute approximate surface area is 92.9 Å². The summed E-state index contributed by atoms with van der Waals surface area (Å²) in [5, 5.41) is 3.02. The molecule has 0 amide bonds. The van der Waals surface area contributed by atoms with Crippen LogP contribution in [0.25, 0.3) is 10.2 Å². The lowest BCUT2D eigenvalue weighted by Gasteiger charge is -2.13. The van der Waals surface area contributed by atoms with Crippen molar-refractivity contribution in [2.75, 3.05) is 19.5 Å². The SMILES string of the molecule is Cc1sc2ncnc(NN(C)C)c2c1C. The molecule has 2 aromatic heterocycles. The predicted octanol–water partition coefficient (Wildman–Crippen LogP) is 2.20. The highest BCUT2D eigenvalue weighted by Gasteiger charge is 2.11. The van der Waals surface area contributed by atoms with Gasteiger partial charge in [0.2, 0.25) is 0 Å². The van der Waals surface area contributed by atoms with Gasteiger partial charge in [0.05, 0.1) is 5.39 Å². The van der Waals surface area contributed by atoms with Gasteiger partial charge in [-0.25, -0.2) is 15.0 Å². The van der Waals surface area contributed by atoms with Gasteiger partial charge in [0.25, 0.3) is 0 Å². The number of aromatic nitrogens is 2. The van der Waals surface area contributed by atoms with E-state index >= 15 is 0 Å². The molecule has 0 aliphatic rings. The minimum atomic E-state index is 0.881. The normalized spacial score (nSPS) is 11.3. The minimum Gasteiger partial charge on any atom is -0.303 e. The Hall–Kier alpha value is -1.20. The number of hydrazine groups is 1. The first-order valence-electron chi connectivity index (χ1n) is 4.74. The topological polar surface area (TPSA) is 41.1 Å². The summed E-state index contributed by atoms with van der Waals surface area (Å²) in [5.41, 5.74) is 4.45. The molecule has 2 heterocycles. The molecule has 0 fully saturated rings. The molecule has 0 saturated heterocycles. The van der Waals surface area contributed by atoms with Crippen molar-refractivity contribution in [3.63, 3.8) is 0 Å². The second-order valence-corrected chi connectivity index (χ2v) is 4.90. The maximum absolute atomic E-state index is 4.28. The lowest BCUT2D eigenvalue weighted by molar-refractivity contribution is 0.493. The molecule has 15 heavy (non-hydrogen) atoms. The van der Waals surface area contributed by atoms with Crippen LogP contribution in [0.4, 0.5) is 5.82 Å². The van der Waals surface area contributed by atoms with Crippen LogP contribution in [-0.4, -0.2) is 29.1 Å². The van der Waals surface area contributed by atoms with Gasteiger partial charge < -0.3 is 5.43 Å². The molecule has 0 atom stereocenters. The third-order valence-electron chi connectivity index (χ3n) is 2.29. The van der Waals surface area contributed by atoms with E-state index in [0.717, 1.165) is 16.0 Å². The predicted molar refractivity (Wildman–Crippen MR) is 64.2 cm³/mol. The van der Waals surface area contributed by atoms with Gasteiger partial charge in [-0.1, -0.05) is 0 Å². The highest BCUT2D eigenvalue weighted by atomic mass is 32.1. The quantitative estimate of drug-likeness (QED) is 0.791. The zero-order valence-electron chi connectivity index (χ0n) is 9.33. The molecule has 1 N–H and O–H groups in total. The van der Waals surface area contributed by atoms with Crippen molar-refractivity contribution in [1.82, 2.24) is 15.0 Å². The van der Waals surface area contributed by atoms with Crippen molar-refractivity contribution < 1.29 is 0 Å². The molecule has 0 aromatic carbocycles. The average Bonchev–Trinajstić information content (AvgIpc) is 2.43. The first-order valence-corrected chi connectivity index (χ1v) is 5.56. The molecule has 0 unspecified atom stereocenters. The molecule has 0 spiro atoms. The molecule has 0 saturated carbocycles. The molecule has 5 heteroatoms. The van der Waals surface area contributed by atoms with Gasteiger partial charge >= 0.3 is 0 Å². The van der Waals surface area contributed by atoms with Crippen molar-refractivity contribution >= 4 is 27.4 Å². The molecule has 2 rings (SSSR count). The number of rotatable bonds is 2. The average molecular weight is 222 g/mol. The molecule has 0 aliphatic carbocycles. The fourth-order valence-electron chi connectivity index (χ4n) is 1.48. The Morgan fingerprint density at radius 3 is 2.67 bits per heavy atom. The van der Waals surface area contributed by atoms with Gasteiger partial charge in [-0.2, -0.15) is 0 Å². The fraction of sp³-hybridized carbons (Fsp3) is 0.400. The Balaban J connectivity index is 2.63. The second-order valence-electron chi connectivity index (χ2n) is 3.69. The summed E-state index contributed by atoms with van der Waals surface area (Å²) < 4.78 is 0. The van der Waals surface area contributed by atoms with Crippen LogP contribution in [-0.2, 0) is 0 Å². The van der Waals surface area contributed by atoms with Crippen LogP contribution in [0.2, 0.25) is 0 Å². The van der Waals surface area contributed by atoms with Crippen LogP contribution in [0, 0.1) is 13.8 Å². The second kappa shape index (κ2) is 3.75. The van der Waals surface area contributed by atoms with Gasteiger partial charge in [0, 0.05) is 19.0 Å². The van der Waals surface area contributed by atoms with Gasteiger partial charge in [-0.05, 0) is 19.4 Å². The van der Waals surface area contributed by atoms with Crippen LogP contribution in [0.1, 0.15) is 10.4 Å². The minimum absolute atomic E-state index is 0.881. The van der Waals surface area contributed by atoms with E-state index < -0.39 is 0 Å². The Kier molecular flexibility index (Phi) is 2.58. The van der Waals surface area contributed by atoms with Gasteiger partial charge in [0.15, 0.2) is 5.82 Å². The standard InChI is InChI=1S/C10H14N4S/c1-6-7(2)15-10-8(6)9(11-5-12-10)13-14(3)4/h5H,1-4H3,(H,11,12,13). The van der Waals surface area contributed by atoms with Crippen LogP contribution in [0.3, 0.4) is 0 Å². The Morgan fingerprint density at radius 1 is 1.27 bits per heavy atom. The van der Waals surface area contributed by atoms with Crippen molar-refractivity contribution in [3.8, 4) is 0 Å². The van der Waals surface area contributed by atoms with Crippen LogP contribution in [0.15, 0.2) is 6.33 Å². The summed E-state index contributed by atoms with van der Waals surface area (Å²) in [6.45, 7) is 4.22. The lowest BCUT2D eigenvalue weighted by atomic mass is 10.2. The van der Waals surface area contributed by atoms with E-state index in [1.165, 1.54) is 10.4 Å². The summed E-state index contributed by atoms with van der Waals surface area (Å²) in [7, 11) is 3.89. The number of nitrogens with zero attached hydrogens (tertiary/aromatic N) is 3. The first kappa shape index (κ1) is 10.3. The monoisotopic (exact) mass is 222 g/mol. The Bertz CT molecular complexity index is 489. The first-order chi connectivity index (χ1) is 7.09. The zero-order chi connectivity index (χ0) is 11.0. The Morgan fingerprint density at radius 2 is 2.00 bits per heavy atom. The van der Waals surface area contributed by atoms with E-state index in [1.54, 1.807) is 17.7 Å². The van der Waals surface area contributed by atoms with E-state index in [2.05, 4.69) is 29.2 Å². The van der Waals surface area contributed by atoms with E-state index in [-0.39, 0.29) is 0 Å². The maximum atomic E-state index is 4.28. The van der Waals surface area contributed by atoms with E-state index in [0.29, 0.717) is 0 Å². The number of thiophene rings is 1. The van der Waals surface area contributed by atoms with E-state index in [1.807, 2.05) is 19.1 Å². The number of aryl methyl sites for hydroxylation is 2. The lowest BCUT2D eigenvalue weighted by Crippen LogP contribution is -2.20. The third-order valence-corrected chi connectivity index (χ3v) is 3.41. The fourth-order valence-corrected chi connectivity index (χ4v) is 2.48. The molecule has 2 aromatic rings. The smallest absolute Gasteiger partial charge is 0.152 e. The molecule has 80 valence electrons. The van der Waals surface area contributed by atoms with Crippen LogP contribution in [0.5, 0.6) is 0 Å². The molecular formula is C10H14N4S. The van der Waals surface area contributed by atoms with Crippen molar-refractivity contribution in [2.24, 2.45) is 0 Å². The number of hydrogen-bond donors (Lipinski definition) is 1. The zero-order valence-corrected chi connectivity index (χ0v) is 10.1. The van der Waals surface area contributed by atoms with Crippen LogP contribution >= 0.6 is 11.3 Å². The number of hydrogen-bond acceptors (Lipinski definition) is 5. The van der Waals surface area contributed by atoms with Gasteiger partial charge in [0.1, 0.15) is 11.2 Å². The number of fused-ring (bicyclic) bond motifs is 1. The highest BCUT2D eigenvalue weighted by molar-refractivity contribution is 7.18. The molecular weight excluding hydrogens is 208 g/mol. The third kappa shape index (κ3) is 1.80. The number of anilines is 1. The largest absolute Gasteiger partial charge is 0.303 e.